The third-order valence-corrected chi connectivity index (χ3v) is 4.04. The average Bonchev–Trinajstić information content (AvgIpc) is 3.04. The molecule has 1 amide bonds. The highest BCUT2D eigenvalue weighted by molar-refractivity contribution is 6.29. The molecule has 2 heterocycles. The molecule has 0 aliphatic rings. The first-order valence-electron chi connectivity index (χ1n) is 7.83. The van der Waals surface area contributed by atoms with Crippen molar-refractivity contribution in [2.75, 3.05) is 4.90 Å². The molecule has 140 valence electrons. The predicted octanol–water partition coefficient (Wildman–Crippen LogP) is 4.33. The van der Waals surface area contributed by atoms with Gasteiger partial charge in [0.15, 0.2) is 0 Å². The number of para-hydroxylation sites is 1. The molecular weight excluding hydrogens is 381 g/mol. The minimum atomic E-state index is -4.61. The molecule has 5 nitrogen and oxygen atoms in total. The number of benzene rings is 1. The first-order chi connectivity index (χ1) is 12.8. The summed E-state index contributed by atoms with van der Waals surface area (Å²) in [7, 11) is 1.68. The molecule has 0 saturated heterocycles. The van der Waals surface area contributed by atoms with Crippen LogP contribution < -0.4 is 4.90 Å². The van der Waals surface area contributed by atoms with E-state index in [1.54, 1.807) is 13.2 Å². The molecule has 0 bridgehead atoms. The van der Waals surface area contributed by atoms with Crippen LogP contribution in [0.1, 0.15) is 21.5 Å². The minimum absolute atomic E-state index is 0.0810. The van der Waals surface area contributed by atoms with Gasteiger partial charge in [0, 0.05) is 25.0 Å². The van der Waals surface area contributed by atoms with E-state index in [-0.39, 0.29) is 22.9 Å². The van der Waals surface area contributed by atoms with E-state index in [1.807, 2.05) is 0 Å². The summed E-state index contributed by atoms with van der Waals surface area (Å²) in [5.74, 6) is -0.625. The van der Waals surface area contributed by atoms with E-state index in [9.17, 15) is 18.0 Å². The lowest BCUT2D eigenvalue weighted by Gasteiger charge is -2.25. The molecule has 2 aromatic heterocycles. The van der Waals surface area contributed by atoms with Gasteiger partial charge in [-0.2, -0.15) is 18.3 Å². The molecule has 0 atom stereocenters. The summed E-state index contributed by atoms with van der Waals surface area (Å²) in [5.41, 5.74) is -0.428. The largest absolute Gasteiger partial charge is 0.418 e. The van der Waals surface area contributed by atoms with Crippen LogP contribution >= 0.6 is 11.6 Å². The lowest BCUT2D eigenvalue weighted by atomic mass is 10.1. The van der Waals surface area contributed by atoms with Crippen LogP contribution in [-0.2, 0) is 19.8 Å². The molecule has 27 heavy (non-hydrogen) atoms. The highest BCUT2D eigenvalue weighted by Crippen LogP contribution is 2.37. The lowest BCUT2D eigenvalue weighted by molar-refractivity contribution is -0.137. The van der Waals surface area contributed by atoms with Crippen molar-refractivity contribution in [1.82, 2.24) is 14.8 Å². The highest BCUT2D eigenvalue weighted by Gasteiger charge is 2.36. The molecule has 3 rings (SSSR count). The molecule has 9 heteroatoms. The topological polar surface area (TPSA) is 51.0 Å². The van der Waals surface area contributed by atoms with Crippen LogP contribution in [0.25, 0.3) is 0 Å². The van der Waals surface area contributed by atoms with Crippen LogP contribution in [0.15, 0.2) is 55.0 Å². The van der Waals surface area contributed by atoms with Gasteiger partial charge in [-0.3, -0.25) is 9.48 Å². The van der Waals surface area contributed by atoms with Gasteiger partial charge in [0.1, 0.15) is 5.15 Å². The quantitative estimate of drug-likeness (QED) is 0.619. The Bertz CT molecular complexity index is 954. The van der Waals surface area contributed by atoms with Crippen molar-refractivity contribution < 1.29 is 18.0 Å². The maximum absolute atomic E-state index is 13.5. The second-order valence-corrected chi connectivity index (χ2v) is 6.19. The van der Waals surface area contributed by atoms with Crippen molar-refractivity contribution in [1.29, 1.82) is 0 Å². The zero-order valence-electron chi connectivity index (χ0n) is 14.1. The number of aromatic nitrogens is 3. The van der Waals surface area contributed by atoms with Gasteiger partial charge in [0.2, 0.25) is 0 Å². The molecule has 0 saturated carbocycles. The first-order valence-corrected chi connectivity index (χ1v) is 8.20. The molecule has 0 radical (unpaired) electrons. The number of carbonyl (C=O) groups excluding carboxylic acids is 1. The van der Waals surface area contributed by atoms with Gasteiger partial charge < -0.3 is 4.90 Å². The Morgan fingerprint density at radius 2 is 1.93 bits per heavy atom. The number of halogens is 4. The van der Waals surface area contributed by atoms with Gasteiger partial charge in [0.05, 0.1) is 29.6 Å². The van der Waals surface area contributed by atoms with Crippen molar-refractivity contribution in [2.24, 2.45) is 7.05 Å². The number of hydrogen-bond acceptors (Lipinski definition) is 3. The Labute approximate surface area is 158 Å². The van der Waals surface area contributed by atoms with Crippen LogP contribution in [-0.4, -0.2) is 20.7 Å². The summed E-state index contributed by atoms with van der Waals surface area (Å²) in [6, 6.07) is 7.77. The van der Waals surface area contributed by atoms with E-state index in [0.29, 0.717) is 5.56 Å². The molecule has 0 aliphatic carbocycles. The Morgan fingerprint density at radius 3 is 2.52 bits per heavy atom. The summed E-state index contributed by atoms with van der Waals surface area (Å²) in [6.45, 7) is -0.0810. The number of rotatable bonds is 4. The maximum Gasteiger partial charge on any atom is 0.418 e. The van der Waals surface area contributed by atoms with Crippen LogP contribution in [0.3, 0.4) is 0 Å². The molecule has 0 spiro atoms. The van der Waals surface area contributed by atoms with E-state index in [1.165, 1.54) is 47.4 Å². The Morgan fingerprint density at radius 1 is 1.19 bits per heavy atom. The van der Waals surface area contributed by atoms with Gasteiger partial charge in [0.25, 0.3) is 5.91 Å². The fraction of sp³-hybridized carbons (Fsp3) is 0.167. The molecule has 0 unspecified atom stereocenters. The molecule has 0 aliphatic heterocycles. The minimum Gasteiger partial charge on any atom is -0.303 e. The number of pyridine rings is 1. The number of aryl methyl sites for hydroxylation is 1. The number of carbonyl (C=O) groups is 1. The molecule has 3 aromatic rings. The van der Waals surface area contributed by atoms with Crippen molar-refractivity contribution in [3.05, 3.63) is 76.8 Å². The van der Waals surface area contributed by atoms with Gasteiger partial charge >= 0.3 is 6.18 Å². The zero-order valence-corrected chi connectivity index (χ0v) is 14.9. The van der Waals surface area contributed by atoms with Crippen molar-refractivity contribution in [3.8, 4) is 0 Å². The van der Waals surface area contributed by atoms with Gasteiger partial charge in [-0.15, -0.1) is 0 Å². The molecule has 0 N–H and O–H groups in total. The van der Waals surface area contributed by atoms with E-state index in [0.717, 1.165) is 11.0 Å². The lowest BCUT2D eigenvalue weighted by Crippen LogP contribution is -2.32. The van der Waals surface area contributed by atoms with Crippen LogP contribution in [0.4, 0.5) is 18.9 Å². The van der Waals surface area contributed by atoms with Crippen LogP contribution in [0.5, 0.6) is 0 Å². The summed E-state index contributed by atoms with van der Waals surface area (Å²) in [6.07, 6.45) is -0.243. The summed E-state index contributed by atoms with van der Waals surface area (Å²) in [5, 5.41) is 4.19. The number of amides is 1. The fourth-order valence-electron chi connectivity index (χ4n) is 2.61. The summed E-state index contributed by atoms with van der Waals surface area (Å²) in [4.78, 5) is 17.9. The smallest absolute Gasteiger partial charge is 0.303 e. The third-order valence-electron chi connectivity index (χ3n) is 3.82. The maximum atomic E-state index is 13.5. The number of nitrogens with zero attached hydrogens (tertiary/aromatic N) is 4. The van der Waals surface area contributed by atoms with Crippen LogP contribution in [0.2, 0.25) is 5.15 Å². The SMILES string of the molecule is Cn1cc(CN(C(=O)c2ccc(Cl)nc2)c2ccccc2C(F)(F)F)cn1. The van der Waals surface area contributed by atoms with Gasteiger partial charge in [-0.25, -0.2) is 4.98 Å². The third kappa shape index (κ3) is 4.28. The number of anilines is 1. The normalized spacial score (nSPS) is 11.4. The van der Waals surface area contributed by atoms with Crippen molar-refractivity contribution >= 4 is 23.2 Å². The fourth-order valence-corrected chi connectivity index (χ4v) is 2.72. The van der Waals surface area contributed by atoms with E-state index in [4.69, 9.17) is 11.6 Å². The van der Waals surface area contributed by atoms with Crippen molar-refractivity contribution in [3.63, 3.8) is 0 Å². The Balaban J connectivity index is 2.08. The monoisotopic (exact) mass is 394 g/mol. The highest BCUT2D eigenvalue weighted by atomic mass is 35.5. The van der Waals surface area contributed by atoms with Gasteiger partial charge in [-0.05, 0) is 24.3 Å². The molecular formula is C18H14ClF3N4O. The van der Waals surface area contributed by atoms with Crippen molar-refractivity contribution in [2.45, 2.75) is 12.7 Å². The predicted molar refractivity (Wildman–Crippen MR) is 94.4 cm³/mol. The number of alkyl halides is 3. The second kappa shape index (κ2) is 7.40. The molecule has 0 fully saturated rings. The average molecular weight is 395 g/mol. The number of hydrogen-bond donors (Lipinski definition) is 0. The first kappa shape index (κ1) is 18.9. The summed E-state index contributed by atoms with van der Waals surface area (Å²) >= 11 is 5.73. The Hall–Kier alpha value is -2.87. The zero-order chi connectivity index (χ0) is 19.6. The van der Waals surface area contributed by atoms with Gasteiger partial charge in [-0.1, -0.05) is 23.7 Å². The van der Waals surface area contributed by atoms with E-state index in [2.05, 4.69) is 10.1 Å². The molecule has 1 aromatic carbocycles. The second-order valence-electron chi connectivity index (χ2n) is 5.80. The standard InChI is InChI=1S/C18H14ClF3N4O/c1-25-10-12(8-24-25)11-26(17(27)13-6-7-16(19)23-9-13)15-5-3-2-4-14(15)18(20,21)22/h2-10H,11H2,1H3. The summed E-state index contributed by atoms with van der Waals surface area (Å²) < 4.78 is 42.0. The Kier molecular flexibility index (Phi) is 5.18. The van der Waals surface area contributed by atoms with E-state index < -0.39 is 17.6 Å². The van der Waals surface area contributed by atoms with Crippen LogP contribution in [0, 0.1) is 0 Å². The van der Waals surface area contributed by atoms with E-state index >= 15 is 0 Å².